The Morgan fingerprint density at radius 1 is 1.17 bits per heavy atom. The van der Waals surface area contributed by atoms with Gasteiger partial charge in [0.05, 0.1) is 0 Å². The molecule has 0 saturated carbocycles. The summed E-state index contributed by atoms with van der Waals surface area (Å²) in [5, 5.41) is 0.585. The number of rotatable bonds is 7. The Balaban J connectivity index is 2.71. The Hall–Kier alpha value is -0.870. The van der Waals surface area contributed by atoms with Crippen molar-refractivity contribution in [1.82, 2.24) is 14.9 Å². The SMILES string of the molecule is CCCc1c(Cl)ncnc1N(C)CCCN(C)C. The normalized spacial score (nSPS) is 11.0. The van der Waals surface area contributed by atoms with E-state index < -0.39 is 0 Å². The van der Waals surface area contributed by atoms with Crippen LogP contribution in [0.25, 0.3) is 0 Å². The summed E-state index contributed by atoms with van der Waals surface area (Å²) in [6.45, 7) is 4.19. The van der Waals surface area contributed by atoms with Gasteiger partial charge in [-0.1, -0.05) is 24.9 Å². The number of aromatic nitrogens is 2. The van der Waals surface area contributed by atoms with Gasteiger partial charge in [0, 0.05) is 19.2 Å². The second-order valence-corrected chi connectivity index (χ2v) is 5.15. The largest absolute Gasteiger partial charge is 0.359 e. The van der Waals surface area contributed by atoms with E-state index in [4.69, 9.17) is 11.6 Å². The van der Waals surface area contributed by atoms with Crippen LogP contribution in [0.15, 0.2) is 6.33 Å². The van der Waals surface area contributed by atoms with E-state index >= 15 is 0 Å². The van der Waals surface area contributed by atoms with Gasteiger partial charge in [-0.3, -0.25) is 0 Å². The first-order chi connectivity index (χ1) is 8.56. The third-order valence-electron chi connectivity index (χ3n) is 2.83. The lowest BCUT2D eigenvalue weighted by Crippen LogP contribution is -2.25. The Morgan fingerprint density at radius 3 is 2.50 bits per heavy atom. The first-order valence-corrected chi connectivity index (χ1v) is 6.79. The molecule has 0 saturated heterocycles. The fourth-order valence-corrected chi connectivity index (χ4v) is 2.13. The molecule has 0 atom stereocenters. The molecule has 1 rings (SSSR count). The average Bonchev–Trinajstić information content (AvgIpc) is 2.31. The average molecular weight is 271 g/mol. The number of hydrogen-bond donors (Lipinski definition) is 0. The molecule has 0 fully saturated rings. The van der Waals surface area contributed by atoms with Crippen molar-refractivity contribution in [1.29, 1.82) is 0 Å². The van der Waals surface area contributed by atoms with Crippen LogP contribution < -0.4 is 4.90 Å². The van der Waals surface area contributed by atoms with Crippen molar-refractivity contribution >= 4 is 17.4 Å². The molecule has 0 bridgehead atoms. The van der Waals surface area contributed by atoms with Crippen molar-refractivity contribution in [3.63, 3.8) is 0 Å². The van der Waals surface area contributed by atoms with Crippen LogP contribution in [-0.4, -0.2) is 49.1 Å². The number of anilines is 1. The zero-order chi connectivity index (χ0) is 13.5. The van der Waals surface area contributed by atoms with E-state index in [1.807, 2.05) is 0 Å². The summed E-state index contributed by atoms with van der Waals surface area (Å²) >= 11 is 6.15. The van der Waals surface area contributed by atoms with Gasteiger partial charge in [-0.2, -0.15) is 0 Å². The maximum absolute atomic E-state index is 6.15. The Kier molecular flexibility index (Phi) is 6.36. The molecule has 0 aliphatic heterocycles. The van der Waals surface area contributed by atoms with Gasteiger partial charge in [-0.05, 0) is 33.5 Å². The van der Waals surface area contributed by atoms with Crippen molar-refractivity contribution in [3.05, 3.63) is 17.0 Å². The van der Waals surface area contributed by atoms with Crippen molar-refractivity contribution in [2.75, 3.05) is 39.1 Å². The van der Waals surface area contributed by atoms with Crippen molar-refractivity contribution in [2.24, 2.45) is 0 Å². The Bertz CT molecular complexity index is 368. The van der Waals surface area contributed by atoms with E-state index in [9.17, 15) is 0 Å². The quantitative estimate of drug-likeness (QED) is 0.713. The molecule has 102 valence electrons. The number of hydrogen-bond acceptors (Lipinski definition) is 4. The van der Waals surface area contributed by atoms with Crippen LogP contribution in [-0.2, 0) is 6.42 Å². The standard InChI is InChI=1S/C13H23ClN4/c1-5-7-11-12(14)15-10-16-13(11)18(4)9-6-8-17(2)3/h10H,5-9H2,1-4H3. The van der Waals surface area contributed by atoms with Crippen LogP contribution >= 0.6 is 11.6 Å². The highest BCUT2D eigenvalue weighted by molar-refractivity contribution is 6.30. The summed E-state index contributed by atoms with van der Waals surface area (Å²) in [4.78, 5) is 12.8. The van der Waals surface area contributed by atoms with Gasteiger partial charge in [0.15, 0.2) is 0 Å². The van der Waals surface area contributed by atoms with Gasteiger partial charge < -0.3 is 9.80 Å². The molecule has 5 heteroatoms. The van der Waals surface area contributed by atoms with E-state index in [1.165, 1.54) is 0 Å². The molecule has 1 aromatic rings. The molecule has 0 radical (unpaired) electrons. The molecule has 0 aromatic carbocycles. The number of halogens is 1. The first kappa shape index (κ1) is 15.2. The van der Waals surface area contributed by atoms with Gasteiger partial charge in [0.1, 0.15) is 17.3 Å². The fraction of sp³-hybridized carbons (Fsp3) is 0.692. The van der Waals surface area contributed by atoms with Gasteiger partial charge in [0.2, 0.25) is 0 Å². The molecule has 0 spiro atoms. The third-order valence-corrected chi connectivity index (χ3v) is 3.16. The summed E-state index contributed by atoms with van der Waals surface area (Å²) in [5.41, 5.74) is 1.06. The van der Waals surface area contributed by atoms with Gasteiger partial charge >= 0.3 is 0 Å². The summed E-state index contributed by atoms with van der Waals surface area (Å²) in [7, 11) is 6.24. The van der Waals surface area contributed by atoms with Crippen LogP contribution in [0.1, 0.15) is 25.3 Å². The van der Waals surface area contributed by atoms with Gasteiger partial charge in [-0.15, -0.1) is 0 Å². The second kappa shape index (κ2) is 7.54. The minimum absolute atomic E-state index is 0.585. The maximum Gasteiger partial charge on any atom is 0.137 e. The second-order valence-electron chi connectivity index (χ2n) is 4.80. The Labute approximate surface area is 115 Å². The fourth-order valence-electron chi connectivity index (χ4n) is 1.91. The number of nitrogens with zero attached hydrogens (tertiary/aromatic N) is 4. The summed E-state index contributed by atoms with van der Waals surface area (Å²) in [6.07, 6.45) is 4.62. The highest BCUT2D eigenvalue weighted by Crippen LogP contribution is 2.23. The third kappa shape index (κ3) is 4.42. The van der Waals surface area contributed by atoms with Gasteiger partial charge in [-0.25, -0.2) is 9.97 Å². The predicted molar refractivity (Wildman–Crippen MR) is 77.5 cm³/mol. The van der Waals surface area contributed by atoms with Gasteiger partial charge in [0.25, 0.3) is 0 Å². The van der Waals surface area contributed by atoms with Crippen molar-refractivity contribution in [3.8, 4) is 0 Å². The zero-order valence-corrected chi connectivity index (χ0v) is 12.5. The predicted octanol–water partition coefficient (Wildman–Crippen LogP) is 2.47. The monoisotopic (exact) mass is 270 g/mol. The molecule has 0 aliphatic rings. The lowest BCUT2D eigenvalue weighted by molar-refractivity contribution is 0.401. The molecule has 0 unspecified atom stereocenters. The topological polar surface area (TPSA) is 32.3 Å². The van der Waals surface area contributed by atoms with E-state index in [-0.39, 0.29) is 0 Å². The Morgan fingerprint density at radius 2 is 1.89 bits per heavy atom. The lowest BCUT2D eigenvalue weighted by atomic mass is 10.2. The molecule has 0 N–H and O–H groups in total. The first-order valence-electron chi connectivity index (χ1n) is 6.41. The van der Waals surface area contributed by atoms with Crippen LogP contribution in [0.2, 0.25) is 5.15 Å². The molecule has 4 nitrogen and oxygen atoms in total. The lowest BCUT2D eigenvalue weighted by Gasteiger charge is -2.22. The minimum Gasteiger partial charge on any atom is -0.359 e. The molecule has 0 amide bonds. The van der Waals surface area contributed by atoms with Crippen LogP contribution in [0.3, 0.4) is 0 Å². The molecular weight excluding hydrogens is 248 g/mol. The molecule has 1 heterocycles. The van der Waals surface area contributed by atoms with Crippen molar-refractivity contribution < 1.29 is 0 Å². The smallest absolute Gasteiger partial charge is 0.137 e. The highest BCUT2D eigenvalue weighted by atomic mass is 35.5. The van der Waals surface area contributed by atoms with Crippen molar-refractivity contribution in [2.45, 2.75) is 26.2 Å². The molecular formula is C13H23ClN4. The van der Waals surface area contributed by atoms with E-state index in [2.05, 4.69) is 47.8 Å². The summed E-state index contributed by atoms with van der Waals surface area (Å²) in [5.74, 6) is 0.968. The summed E-state index contributed by atoms with van der Waals surface area (Å²) in [6, 6.07) is 0. The maximum atomic E-state index is 6.15. The zero-order valence-electron chi connectivity index (χ0n) is 11.8. The molecule has 1 aromatic heterocycles. The minimum atomic E-state index is 0.585. The van der Waals surface area contributed by atoms with Crippen LogP contribution in [0.5, 0.6) is 0 Å². The molecule has 18 heavy (non-hydrogen) atoms. The van der Waals surface area contributed by atoms with E-state index in [0.29, 0.717) is 5.15 Å². The van der Waals surface area contributed by atoms with E-state index in [1.54, 1.807) is 6.33 Å². The molecule has 0 aliphatic carbocycles. The van der Waals surface area contributed by atoms with Crippen LogP contribution in [0, 0.1) is 0 Å². The highest BCUT2D eigenvalue weighted by Gasteiger charge is 2.12. The van der Waals surface area contributed by atoms with E-state index in [0.717, 1.165) is 43.7 Å². The summed E-state index contributed by atoms with van der Waals surface area (Å²) < 4.78 is 0. The van der Waals surface area contributed by atoms with Crippen LogP contribution in [0.4, 0.5) is 5.82 Å².